The van der Waals surface area contributed by atoms with Gasteiger partial charge < -0.3 is 9.84 Å². The molecule has 1 unspecified atom stereocenters. The third kappa shape index (κ3) is 3.30. The summed E-state index contributed by atoms with van der Waals surface area (Å²) in [5.41, 5.74) is 0. The summed E-state index contributed by atoms with van der Waals surface area (Å²) < 4.78 is 4.93. The van der Waals surface area contributed by atoms with Gasteiger partial charge in [-0.25, -0.2) is 0 Å². The molecule has 1 atom stereocenters. The van der Waals surface area contributed by atoms with Gasteiger partial charge in [-0.05, 0) is 6.42 Å². The number of hydrogen-bond donors (Lipinski definition) is 1. The number of carboxylic acids is 1. The summed E-state index contributed by atoms with van der Waals surface area (Å²) in [4.78, 5) is 34.5. The zero-order valence-corrected chi connectivity index (χ0v) is 9.14. The van der Waals surface area contributed by atoms with E-state index in [0.717, 1.165) is 4.90 Å². The summed E-state index contributed by atoms with van der Waals surface area (Å²) in [6.07, 6.45) is 0.409. The molecule has 2 amide bonds. The third-order valence-electron chi connectivity index (χ3n) is 2.51. The average molecular weight is 229 g/mol. The van der Waals surface area contributed by atoms with Crippen LogP contribution in [0.25, 0.3) is 0 Å². The van der Waals surface area contributed by atoms with Gasteiger partial charge in [-0.3, -0.25) is 19.3 Å². The number of imide groups is 1. The predicted molar refractivity (Wildman–Crippen MR) is 53.6 cm³/mol. The van der Waals surface area contributed by atoms with Crippen LogP contribution in [0.5, 0.6) is 0 Å². The number of hydrogen-bond acceptors (Lipinski definition) is 4. The van der Waals surface area contributed by atoms with E-state index in [9.17, 15) is 14.4 Å². The first-order valence-corrected chi connectivity index (χ1v) is 5.12. The summed E-state index contributed by atoms with van der Waals surface area (Å²) in [5, 5.41) is 8.61. The molecule has 1 aliphatic heterocycles. The van der Waals surface area contributed by atoms with Crippen LogP contribution in [0.3, 0.4) is 0 Å². The summed E-state index contributed by atoms with van der Waals surface area (Å²) in [6, 6.07) is 0. The maximum atomic E-state index is 11.4. The van der Waals surface area contributed by atoms with Crippen LogP contribution >= 0.6 is 0 Å². The predicted octanol–water partition coefficient (Wildman–Crippen LogP) is 0.0152. The largest absolute Gasteiger partial charge is 0.481 e. The number of methoxy groups -OCH3 is 1. The quantitative estimate of drug-likeness (QED) is 0.671. The van der Waals surface area contributed by atoms with Gasteiger partial charge in [-0.15, -0.1) is 0 Å². The number of amides is 2. The molecular weight excluding hydrogens is 214 g/mol. The molecule has 90 valence electrons. The fourth-order valence-corrected chi connectivity index (χ4v) is 1.62. The van der Waals surface area contributed by atoms with E-state index in [1.807, 2.05) is 0 Å². The van der Waals surface area contributed by atoms with Gasteiger partial charge >= 0.3 is 5.97 Å². The SMILES string of the molecule is COC(CC(=O)O)CN1C(=O)CCCC1=O. The molecular formula is C10H15NO5. The van der Waals surface area contributed by atoms with E-state index in [-0.39, 0.29) is 24.8 Å². The zero-order chi connectivity index (χ0) is 12.1. The van der Waals surface area contributed by atoms with Crippen LogP contribution in [0.15, 0.2) is 0 Å². The Labute approximate surface area is 93.2 Å². The first kappa shape index (κ1) is 12.6. The Morgan fingerprint density at radius 1 is 1.44 bits per heavy atom. The second-order valence-electron chi connectivity index (χ2n) is 3.71. The first-order valence-electron chi connectivity index (χ1n) is 5.12. The van der Waals surface area contributed by atoms with Crippen LogP contribution in [0.1, 0.15) is 25.7 Å². The van der Waals surface area contributed by atoms with Crippen LogP contribution in [0.4, 0.5) is 0 Å². The van der Waals surface area contributed by atoms with Gasteiger partial charge in [0.1, 0.15) is 0 Å². The van der Waals surface area contributed by atoms with Gasteiger partial charge in [0.25, 0.3) is 0 Å². The van der Waals surface area contributed by atoms with Crippen LogP contribution < -0.4 is 0 Å². The minimum atomic E-state index is -1.01. The second kappa shape index (κ2) is 5.60. The summed E-state index contributed by atoms with van der Waals surface area (Å²) in [5.74, 6) is -1.50. The lowest BCUT2D eigenvalue weighted by Gasteiger charge is -2.27. The molecule has 0 saturated carbocycles. The highest BCUT2D eigenvalue weighted by Gasteiger charge is 2.28. The number of rotatable bonds is 5. The third-order valence-corrected chi connectivity index (χ3v) is 2.51. The van der Waals surface area contributed by atoms with Crippen molar-refractivity contribution in [1.29, 1.82) is 0 Å². The van der Waals surface area contributed by atoms with Gasteiger partial charge in [0, 0.05) is 20.0 Å². The van der Waals surface area contributed by atoms with Gasteiger partial charge in [0.05, 0.1) is 19.1 Å². The Morgan fingerprint density at radius 3 is 2.44 bits per heavy atom. The molecule has 1 fully saturated rings. The van der Waals surface area contributed by atoms with Gasteiger partial charge in [0.2, 0.25) is 11.8 Å². The molecule has 0 aromatic rings. The fraction of sp³-hybridized carbons (Fsp3) is 0.700. The maximum Gasteiger partial charge on any atom is 0.306 e. The molecule has 6 heteroatoms. The van der Waals surface area contributed by atoms with Crippen LogP contribution in [0, 0.1) is 0 Å². The molecule has 1 N–H and O–H groups in total. The molecule has 0 spiro atoms. The Bertz CT molecular complexity index is 286. The van der Waals surface area contributed by atoms with E-state index in [1.54, 1.807) is 0 Å². The lowest BCUT2D eigenvalue weighted by Crippen LogP contribution is -2.45. The van der Waals surface area contributed by atoms with Crippen molar-refractivity contribution in [2.75, 3.05) is 13.7 Å². The number of aliphatic carboxylic acids is 1. The Hall–Kier alpha value is -1.43. The molecule has 16 heavy (non-hydrogen) atoms. The summed E-state index contributed by atoms with van der Waals surface area (Å²) in [6.45, 7) is 0.0282. The normalized spacial score (nSPS) is 18.7. The highest BCUT2D eigenvalue weighted by Crippen LogP contribution is 2.14. The maximum absolute atomic E-state index is 11.4. The monoisotopic (exact) mass is 229 g/mol. The smallest absolute Gasteiger partial charge is 0.306 e. The van der Waals surface area contributed by atoms with Gasteiger partial charge in [-0.2, -0.15) is 0 Å². The molecule has 0 aromatic heterocycles. The number of ether oxygens (including phenoxy) is 1. The molecule has 1 saturated heterocycles. The topological polar surface area (TPSA) is 83.9 Å². The van der Waals surface area contributed by atoms with Crippen molar-refractivity contribution in [3.05, 3.63) is 0 Å². The highest BCUT2D eigenvalue weighted by molar-refractivity contribution is 5.97. The lowest BCUT2D eigenvalue weighted by atomic mass is 10.1. The lowest BCUT2D eigenvalue weighted by molar-refractivity contribution is -0.152. The van der Waals surface area contributed by atoms with Crippen LogP contribution in [0.2, 0.25) is 0 Å². The molecule has 1 aliphatic rings. The molecule has 1 rings (SSSR count). The second-order valence-corrected chi connectivity index (χ2v) is 3.71. The molecule has 0 bridgehead atoms. The number of piperidine rings is 1. The fourth-order valence-electron chi connectivity index (χ4n) is 1.62. The van der Waals surface area contributed by atoms with Crippen molar-refractivity contribution in [1.82, 2.24) is 4.90 Å². The Balaban J connectivity index is 2.58. The number of carboxylic acid groups (broad SMARTS) is 1. The highest BCUT2D eigenvalue weighted by atomic mass is 16.5. The van der Waals surface area contributed by atoms with Crippen molar-refractivity contribution in [2.24, 2.45) is 0 Å². The summed E-state index contributed by atoms with van der Waals surface area (Å²) >= 11 is 0. The minimum absolute atomic E-state index is 0.0282. The number of nitrogens with zero attached hydrogens (tertiary/aromatic N) is 1. The molecule has 6 nitrogen and oxygen atoms in total. The minimum Gasteiger partial charge on any atom is -0.481 e. The van der Waals surface area contributed by atoms with Crippen molar-refractivity contribution < 1.29 is 24.2 Å². The number of carbonyl (C=O) groups is 3. The zero-order valence-electron chi connectivity index (χ0n) is 9.14. The van der Waals surface area contributed by atoms with Gasteiger partial charge in [0.15, 0.2) is 0 Å². The molecule has 1 heterocycles. The molecule has 0 aliphatic carbocycles. The summed E-state index contributed by atoms with van der Waals surface area (Å²) in [7, 11) is 1.37. The van der Waals surface area contributed by atoms with Crippen molar-refractivity contribution in [3.8, 4) is 0 Å². The van der Waals surface area contributed by atoms with E-state index < -0.39 is 12.1 Å². The van der Waals surface area contributed by atoms with E-state index in [0.29, 0.717) is 19.3 Å². The average Bonchev–Trinajstić information content (AvgIpc) is 2.21. The van der Waals surface area contributed by atoms with Crippen LogP contribution in [-0.2, 0) is 19.1 Å². The van der Waals surface area contributed by atoms with Gasteiger partial charge in [-0.1, -0.05) is 0 Å². The Kier molecular flexibility index (Phi) is 4.42. The standard InChI is InChI=1S/C10H15NO5/c1-16-7(5-10(14)15)6-11-8(12)3-2-4-9(11)13/h7H,2-6H2,1H3,(H,14,15). The first-order chi connectivity index (χ1) is 7.54. The number of likely N-dealkylation sites (tertiary alicyclic amines) is 1. The van der Waals surface area contributed by atoms with E-state index >= 15 is 0 Å². The van der Waals surface area contributed by atoms with Crippen LogP contribution in [-0.4, -0.2) is 47.5 Å². The van der Waals surface area contributed by atoms with E-state index in [1.165, 1.54) is 7.11 Å². The van der Waals surface area contributed by atoms with E-state index in [2.05, 4.69) is 0 Å². The number of carbonyl (C=O) groups excluding carboxylic acids is 2. The van der Waals surface area contributed by atoms with Crippen molar-refractivity contribution in [3.63, 3.8) is 0 Å². The Morgan fingerprint density at radius 2 is 2.00 bits per heavy atom. The molecule has 0 aromatic carbocycles. The molecule has 0 radical (unpaired) electrons. The van der Waals surface area contributed by atoms with Crippen molar-refractivity contribution in [2.45, 2.75) is 31.8 Å². The van der Waals surface area contributed by atoms with E-state index in [4.69, 9.17) is 9.84 Å². The van der Waals surface area contributed by atoms with Crippen molar-refractivity contribution >= 4 is 17.8 Å².